The molecule has 1 fully saturated rings. The van der Waals surface area contributed by atoms with Crippen molar-refractivity contribution in [3.8, 4) is 17.9 Å². The molecule has 1 atom stereocenters. The normalized spacial score (nSPS) is 16.0. The van der Waals surface area contributed by atoms with Crippen LogP contribution in [0.25, 0.3) is 0 Å². The molecule has 2 aromatic carbocycles. The zero-order valence-electron chi connectivity index (χ0n) is 17.3. The Morgan fingerprint density at radius 3 is 2.53 bits per heavy atom. The monoisotopic (exact) mass is 420 g/mol. The van der Waals surface area contributed by atoms with E-state index < -0.39 is 11.5 Å². The smallest absolute Gasteiger partial charge is 0.269 e. The van der Waals surface area contributed by atoms with Crippen LogP contribution < -0.4 is 5.32 Å². The Balaban J connectivity index is 1.95. The van der Waals surface area contributed by atoms with Crippen molar-refractivity contribution >= 4 is 23.2 Å². The minimum Gasteiger partial charge on any atom is -0.369 e. The average Bonchev–Trinajstić information content (AvgIpc) is 2.75. The fourth-order valence-corrected chi connectivity index (χ4v) is 4.03. The second kappa shape index (κ2) is 9.35. The molecule has 154 valence electrons. The Morgan fingerprint density at radius 1 is 1.13 bits per heavy atom. The topological polar surface area (TPSA) is 73.1 Å². The predicted octanol–water partition coefficient (Wildman–Crippen LogP) is 5.13. The van der Waals surface area contributed by atoms with Crippen molar-refractivity contribution < 1.29 is 9.90 Å². The summed E-state index contributed by atoms with van der Waals surface area (Å²) in [5.41, 5.74) is 1.81. The van der Waals surface area contributed by atoms with Crippen LogP contribution in [0.4, 0.5) is 5.69 Å². The lowest BCUT2D eigenvalue weighted by Gasteiger charge is -2.33. The second-order valence-electron chi connectivity index (χ2n) is 7.93. The molecule has 30 heavy (non-hydrogen) atoms. The molecule has 0 bridgehead atoms. The van der Waals surface area contributed by atoms with Gasteiger partial charge in [-0.1, -0.05) is 54.8 Å². The maximum atomic E-state index is 13.2. The highest BCUT2D eigenvalue weighted by Gasteiger charge is 2.43. The van der Waals surface area contributed by atoms with Crippen molar-refractivity contribution in [1.29, 1.82) is 5.26 Å². The quantitative estimate of drug-likeness (QED) is 0.676. The van der Waals surface area contributed by atoms with Gasteiger partial charge in [0.05, 0.1) is 10.6 Å². The van der Waals surface area contributed by atoms with E-state index in [-0.39, 0.29) is 10.9 Å². The average molecular weight is 421 g/mol. The first-order valence-electron chi connectivity index (χ1n) is 10.2. The van der Waals surface area contributed by atoms with Crippen LogP contribution in [-0.4, -0.2) is 16.6 Å². The lowest BCUT2D eigenvalue weighted by Crippen LogP contribution is -2.49. The number of carbonyl (C=O) groups excluding carboxylic acids is 1. The lowest BCUT2D eigenvalue weighted by atomic mass is 9.76. The number of amides is 1. The van der Waals surface area contributed by atoms with Crippen molar-refractivity contribution in [3.05, 3.63) is 63.7 Å². The number of carbonyl (C=O) groups is 1. The van der Waals surface area contributed by atoms with Crippen LogP contribution in [0.2, 0.25) is 5.02 Å². The summed E-state index contributed by atoms with van der Waals surface area (Å²) in [4.78, 5) is 13.2. The summed E-state index contributed by atoms with van der Waals surface area (Å²) in [6, 6.07) is 12.6. The maximum Gasteiger partial charge on any atom is 0.269 e. The number of nitrogens with one attached hydrogen (secondary N) is 1. The van der Waals surface area contributed by atoms with Crippen LogP contribution in [0.3, 0.4) is 0 Å². The Morgan fingerprint density at radius 2 is 1.87 bits per heavy atom. The molecule has 1 saturated carbocycles. The molecule has 0 aromatic heterocycles. The third kappa shape index (κ3) is 4.85. The fraction of sp³-hybridized carbons (Fsp3) is 0.360. The molecular weight excluding hydrogens is 396 g/mol. The molecule has 0 heterocycles. The van der Waals surface area contributed by atoms with Gasteiger partial charge in [-0.05, 0) is 62.1 Å². The first kappa shape index (κ1) is 21.9. The molecule has 0 aliphatic heterocycles. The lowest BCUT2D eigenvalue weighted by molar-refractivity contribution is -0.134. The van der Waals surface area contributed by atoms with Gasteiger partial charge in [-0.25, -0.2) is 0 Å². The highest BCUT2D eigenvalue weighted by molar-refractivity contribution is 6.32. The Bertz CT molecular complexity index is 1060. The minimum atomic E-state index is -1.81. The molecule has 1 aliphatic carbocycles. The zero-order valence-corrected chi connectivity index (χ0v) is 18.0. The second-order valence-corrected chi connectivity index (χ2v) is 8.34. The standard InChI is InChI=1S/C25H25ClN2O2/c1-17-8-9-18(2)19(14-17)12-13-25(30,21-6-4-3-5-7-21)24(29)28-22-11-10-20(16-27)23(26)15-22/h8-11,14-15,21,30H,3-7H2,1-2H3,(H,28,29). The molecule has 1 aliphatic rings. The van der Waals surface area contributed by atoms with Crippen molar-refractivity contribution in [2.45, 2.75) is 51.6 Å². The maximum absolute atomic E-state index is 13.2. The Kier molecular flexibility index (Phi) is 6.83. The summed E-state index contributed by atoms with van der Waals surface area (Å²) < 4.78 is 0. The van der Waals surface area contributed by atoms with E-state index in [4.69, 9.17) is 16.9 Å². The fourth-order valence-electron chi connectivity index (χ4n) is 3.81. The summed E-state index contributed by atoms with van der Waals surface area (Å²) >= 11 is 6.09. The van der Waals surface area contributed by atoms with E-state index in [1.807, 2.05) is 38.1 Å². The first-order chi connectivity index (χ1) is 14.3. The van der Waals surface area contributed by atoms with Crippen LogP contribution in [-0.2, 0) is 4.79 Å². The summed E-state index contributed by atoms with van der Waals surface area (Å²) in [5, 5.41) is 23.5. The van der Waals surface area contributed by atoms with Gasteiger partial charge in [-0.15, -0.1) is 0 Å². The van der Waals surface area contributed by atoms with Crippen LogP contribution >= 0.6 is 11.6 Å². The molecule has 0 saturated heterocycles. The van der Waals surface area contributed by atoms with Crippen LogP contribution in [0.15, 0.2) is 36.4 Å². The highest BCUT2D eigenvalue weighted by Crippen LogP contribution is 2.34. The highest BCUT2D eigenvalue weighted by atomic mass is 35.5. The van der Waals surface area contributed by atoms with E-state index in [1.165, 1.54) is 6.07 Å². The van der Waals surface area contributed by atoms with Gasteiger partial charge < -0.3 is 10.4 Å². The third-order valence-electron chi connectivity index (χ3n) is 5.67. The molecule has 2 aromatic rings. The molecule has 4 nitrogen and oxygen atoms in total. The predicted molar refractivity (Wildman–Crippen MR) is 119 cm³/mol. The molecule has 1 unspecified atom stereocenters. The zero-order chi connectivity index (χ0) is 21.7. The SMILES string of the molecule is Cc1ccc(C)c(C#CC(O)(C(=O)Nc2ccc(C#N)c(Cl)c2)C2CCCCC2)c1. The van der Waals surface area contributed by atoms with Crippen LogP contribution in [0.5, 0.6) is 0 Å². The van der Waals surface area contributed by atoms with Gasteiger partial charge in [0.1, 0.15) is 6.07 Å². The number of anilines is 1. The third-order valence-corrected chi connectivity index (χ3v) is 5.98. The summed E-state index contributed by atoms with van der Waals surface area (Å²) in [6.45, 7) is 3.95. The van der Waals surface area contributed by atoms with Gasteiger partial charge >= 0.3 is 0 Å². The Hall–Kier alpha value is -2.79. The number of nitriles is 1. The molecule has 2 N–H and O–H groups in total. The molecule has 0 spiro atoms. The summed E-state index contributed by atoms with van der Waals surface area (Å²) in [6.07, 6.45) is 4.53. The van der Waals surface area contributed by atoms with Gasteiger partial charge in [0.2, 0.25) is 5.60 Å². The molecule has 0 radical (unpaired) electrons. The van der Waals surface area contributed by atoms with Gasteiger partial charge in [0, 0.05) is 17.2 Å². The molecular formula is C25H25ClN2O2. The number of hydrogen-bond acceptors (Lipinski definition) is 3. The van der Waals surface area contributed by atoms with Gasteiger partial charge in [0.15, 0.2) is 0 Å². The van der Waals surface area contributed by atoms with E-state index in [0.717, 1.165) is 48.8 Å². The van der Waals surface area contributed by atoms with Crippen molar-refractivity contribution in [1.82, 2.24) is 0 Å². The van der Waals surface area contributed by atoms with Crippen LogP contribution in [0, 0.1) is 42.9 Å². The van der Waals surface area contributed by atoms with Crippen molar-refractivity contribution in [2.75, 3.05) is 5.32 Å². The number of halogens is 1. The number of rotatable bonds is 3. The van der Waals surface area contributed by atoms with E-state index in [1.54, 1.807) is 12.1 Å². The van der Waals surface area contributed by atoms with E-state index >= 15 is 0 Å². The number of hydrogen-bond donors (Lipinski definition) is 2. The number of aryl methyl sites for hydroxylation is 2. The molecule has 1 amide bonds. The van der Waals surface area contributed by atoms with Crippen molar-refractivity contribution in [2.24, 2.45) is 5.92 Å². The van der Waals surface area contributed by atoms with E-state index in [0.29, 0.717) is 11.3 Å². The largest absolute Gasteiger partial charge is 0.369 e. The first-order valence-corrected chi connectivity index (χ1v) is 10.5. The van der Waals surface area contributed by atoms with E-state index in [2.05, 4.69) is 17.2 Å². The van der Waals surface area contributed by atoms with Gasteiger partial charge in [0.25, 0.3) is 5.91 Å². The van der Waals surface area contributed by atoms with E-state index in [9.17, 15) is 9.90 Å². The molecule has 5 heteroatoms. The number of nitrogens with zero attached hydrogens (tertiary/aromatic N) is 1. The van der Waals surface area contributed by atoms with Gasteiger partial charge in [-0.2, -0.15) is 5.26 Å². The number of benzene rings is 2. The summed E-state index contributed by atoms with van der Waals surface area (Å²) in [7, 11) is 0. The van der Waals surface area contributed by atoms with Crippen LogP contribution in [0.1, 0.15) is 54.4 Å². The molecule has 3 rings (SSSR count). The Labute approximate surface area is 182 Å². The number of aliphatic hydroxyl groups is 1. The van der Waals surface area contributed by atoms with Crippen molar-refractivity contribution in [3.63, 3.8) is 0 Å². The van der Waals surface area contributed by atoms with Gasteiger partial charge in [-0.3, -0.25) is 4.79 Å². The minimum absolute atomic E-state index is 0.238. The summed E-state index contributed by atoms with van der Waals surface area (Å²) in [5.74, 6) is 5.17.